The Kier molecular flexibility index (Phi) is 5.46. The lowest BCUT2D eigenvalue weighted by Gasteiger charge is -2.20. The van der Waals surface area contributed by atoms with E-state index in [0.29, 0.717) is 11.4 Å². The van der Waals surface area contributed by atoms with E-state index in [1.165, 1.54) is 35.6 Å². The molecule has 0 spiro atoms. The second-order valence-electron chi connectivity index (χ2n) is 5.18. The normalized spacial score (nSPS) is 10.2. The first-order chi connectivity index (χ1) is 11.0. The number of halogens is 1. The van der Waals surface area contributed by atoms with Crippen LogP contribution in [0.15, 0.2) is 48.5 Å². The number of hydrogen-bond donors (Lipinski definition) is 1. The Morgan fingerprint density at radius 1 is 1.13 bits per heavy atom. The van der Waals surface area contributed by atoms with Crippen molar-refractivity contribution in [1.82, 2.24) is 0 Å². The third-order valence-corrected chi connectivity index (χ3v) is 3.45. The number of nitrogens with zero attached hydrogens (tertiary/aromatic N) is 1. The summed E-state index contributed by atoms with van der Waals surface area (Å²) in [5, 5.41) is 2.74. The van der Waals surface area contributed by atoms with Crippen molar-refractivity contribution in [3.05, 3.63) is 59.9 Å². The average Bonchev–Trinajstić information content (AvgIpc) is 2.53. The summed E-state index contributed by atoms with van der Waals surface area (Å²) in [4.78, 5) is 25.1. The molecule has 0 aliphatic carbocycles. The second-order valence-corrected chi connectivity index (χ2v) is 5.18. The molecule has 0 heterocycles. The van der Waals surface area contributed by atoms with E-state index in [0.717, 1.165) is 6.42 Å². The van der Waals surface area contributed by atoms with E-state index in [-0.39, 0.29) is 18.4 Å². The molecule has 4 nitrogen and oxygen atoms in total. The Balaban J connectivity index is 2.07. The van der Waals surface area contributed by atoms with E-state index in [1.54, 1.807) is 6.07 Å². The lowest BCUT2D eigenvalue weighted by Crippen LogP contribution is -2.36. The molecule has 0 radical (unpaired) electrons. The van der Waals surface area contributed by atoms with Crippen molar-refractivity contribution in [3.8, 4) is 0 Å². The van der Waals surface area contributed by atoms with Gasteiger partial charge in [-0.05, 0) is 42.3 Å². The molecular weight excluding hydrogens is 295 g/mol. The molecule has 0 aromatic heterocycles. The lowest BCUT2D eigenvalue weighted by molar-refractivity contribution is -0.120. The van der Waals surface area contributed by atoms with Crippen LogP contribution in [0.1, 0.15) is 19.4 Å². The number of benzene rings is 2. The Morgan fingerprint density at radius 3 is 2.39 bits per heavy atom. The third kappa shape index (κ3) is 4.64. The van der Waals surface area contributed by atoms with Crippen LogP contribution in [0.2, 0.25) is 0 Å². The number of hydrogen-bond acceptors (Lipinski definition) is 2. The molecule has 0 bridgehead atoms. The van der Waals surface area contributed by atoms with Gasteiger partial charge in [0.05, 0.1) is 0 Å². The summed E-state index contributed by atoms with van der Waals surface area (Å²) in [5.41, 5.74) is 2.19. The lowest BCUT2D eigenvalue weighted by atomic mass is 10.1. The molecule has 2 aromatic rings. The van der Waals surface area contributed by atoms with Crippen LogP contribution in [-0.4, -0.2) is 18.4 Å². The summed E-state index contributed by atoms with van der Waals surface area (Å²) in [5.74, 6) is -1.12. The van der Waals surface area contributed by atoms with Crippen molar-refractivity contribution in [2.24, 2.45) is 0 Å². The van der Waals surface area contributed by atoms with Crippen LogP contribution in [0, 0.1) is 5.82 Å². The fourth-order valence-electron chi connectivity index (χ4n) is 2.20. The van der Waals surface area contributed by atoms with E-state index in [2.05, 4.69) is 12.2 Å². The molecule has 0 atom stereocenters. The first-order valence-corrected chi connectivity index (χ1v) is 7.42. The summed E-state index contributed by atoms with van der Waals surface area (Å²) in [6.45, 7) is 3.22. The van der Waals surface area contributed by atoms with Crippen molar-refractivity contribution in [3.63, 3.8) is 0 Å². The summed E-state index contributed by atoms with van der Waals surface area (Å²) in [7, 11) is 0. The van der Waals surface area contributed by atoms with Crippen LogP contribution >= 0.6 is 0 Å². The maximum absolute atomic E-state index is 13.3. The van der Waals surface area contributed by atoms with Crippen molar-refractivity contribution >= 4 is 23.2 Å². The van der Waals surface area contributed by atoms with Gasteiger partial charge in [-0.25, -0.2) is 4.39 Å². The summed E-state index contributed by atoms with van der Waals surface area (Å²) in [6.07, 6.45) is 0.923. The number of carbonyl (C=O) groups excluding carboxylic acids is 2. The van der Waals surface area contributed by atoms with Crippen LogP contribution in [0.4, 0.5) is 15.8 Å². The zero-order valence-corrected chi connectivity index (χ0v) is 13.2. The number of aryl methyl sites for hydroxylation is 1. The predicted octanol–water partition coefficient (Wildman–Crippen LogP) is 3.38. The fraction of sp³-hybridized carbons (Fsp3) is 0.222. The maximum atomic E-state index is 13.3. The standard InChI is InChI=1S/C18H19FN2O2/c1-3-14-7-9-16(10-8-14)20-18(23)12-21(13(2)22)17-6-4-5-15(19)11-17/h4-11H,3,12H2,1-2H3,(H,20,23). The first kappa shape index (κ1) is 16.7. The molecule has 1 N–H and O–H groups in total. The quantitative estimate of drug-likeness (QED) is 0.920. The minimum absolute atomic E-state index is 0.172. The number of nitrogens with one attached hydrogen (secondary N) is 1. The van der Waals surface area contributed by atoms with Gasteiger partial charge in [-0.3, -0.25) is 9.59 Å². The maximum Gasteiger partial charge on any atom is 0.244 e. The molecule has 2 rings (SSSR count). The Bertz CT molecular complexity index is 698. The van der Waals surface area contributed by atoms with Crippen LogP contribution in [0.5, 0.6) is 0 Å². The SMILES string of the molecule is CCc1ccc(NC(=O)CN(C(C)=O)c2cccc(F)c2)cc1. The Hall–Kier alpha value is -2.69. The van der Waals surface area contributed by atoms with Gasteiger partial charge in [-0.2, -0.15) is 0 Å². The van der Waals surface area contributed by atoms with Gasteiger partial charge < -0.3 is 10.2 Å². The zero-order valence-electron chi connectivity index (χ0n) is 13.2. The van der Waals surface area contributed by atoms with E-state index in [9.17, 15) is 14.0 Å². The number of rotatable bonds is 5. The number of anilines is 2. The highest BCUT2D eigenvalue weighted by atomic mass is 19.1. The molecule has 2 aromatic carbocycles. The molecule has 2 amide bonds. The molecule has 5 heteroatoms. The van der Waals surface area contributed by atoms with Gasteiger partial charge in [0.1, 0.15) is 12.4 Å². The number of amides is 2. The molecular formula is C18H19FN2O2. The van der Waals surface area contributed by atoms with Crippen LogP contribution in [-0.2, 0) is 16.0 Å². The monoisotopic (exact) mass is 314 g/mol. The molecule has 0 aliphatic rings. The van der Waals surface area contributed by atoms with Crippen molar-refractivity contribution in [1.29, 1.82) is 0 Å². The summed E-state index contributed by atoms with van der Waals surface area (Å²) < 4.78 is 13.3. The fourth-order valence-corrected chi connectivity index (χ4v) is 2.20. The van der Waals surface area contributed by atoms with Crippen LogP contribution in [0.25, 0.3) is 0 Å². The Morgan fingerprint density at radius 2 is 1.83 bits per heavy atom. The largest absolute Gasteiger partial charge is 0.325 e. The summed E-state index contributed by atoms with van der Waals surface area (Å²) in [6, 6.07) is 13.1. The van der Waals surface area contributed by atoms with Gasteiger partial charge in [0.2, 0.25) is 11.8 Å². The second kappa shape index (κ2) is 7.54. The zero-order chi connectivity index (χ0) is 16.8. The van der Waals surface area contributed by atoms with Crippen molar-refractivity contribution in [2.75, 3.05) is 16.8 Å². The van der Waals surface area contributed by atoms with Gasteiger partial charge in [0.15, 0.2) is 0 Å². The van der Waals surface area contributed by atoms with Crippen molar-refractivity contribution in [2.45, 2.75) is 20.3 Å². The van der Waals surface area contributed by atoms with E-state index in [1.807, 2.05) is 24.3 Å². The molecule has 0 fully saturated rings. The van der Waals surface area contributed by atoms with Gasteiger partial charge in [0.25, 0.3) is 0 Å². The highest BCUT2D eigenvalue weighted by Gasteiger charge is 2.16. The molecule has 120 valence electrons. The van der Waals surface area contributed by atoms with Gasteiger partial charge in [-0.1, -0.05) is 25.1 Å². The average molecular weight is 314 g/mol. The predicted molar refractivity (Wildman–Crippen MR) is 88.9 cm³/mol. The smallest absolute Gasteiger partial charge is 0.244 e. The first-order valence-electron chi connectivity index (χ1n) is 7.42. The van der Waals surface area contributed by atoms with Crippen LogP contribution in [0.3, 0.4) is 0 Å². The van der Waals surface area contributed by atoms with Crippen LogP contribution < -0.4 is 10.2 Å². The molecule has 0 aliphatic heterocycles. The molecule has 0 saturated carbocycles. The van der Waals surface area contributed by atoms with E-state index >= 15 is 0 Å². The molecule has 0 saturated heterocycles. The molecule has 0 unspecified atom stereocenters. The van der Waals surface area contributed by atoms with Gasteiger partial charge in [0, 0.05) is 18.3 Å². The molecule has 23 heavy (non-hydrogen) atoms. The summed E-state index contributed by atoms with van der Waals surface area (Å²) >= 11 is 0. The topological polar surface area (TPSA) is 49.4 Å². The Labute approximate surface area is 134 Å². The van der Waals surface area contributed by atoms with Gasteiger partial charge >= 0.3 is 0 Å². The minimum atomic E-state index is -0.454. The van der Waals surface area contributed by atoms with E-state index in [4.69, 9.17) is 0 Å². The van der Waals surface area contributed by atoms with Gasteiger partial charge in [-0.15, -0.1) is 0 Å². The van der Waals surface area contributed by atoms with Crippen molar-refractivity contribution < 1.29 is 14.0 Å². The van der Waals surface area contributed by atoms with E-state index < -0.39 is 5.82 Å². The minimum Gasteiger partial charge on any atom is -0.325 e. The third-order valence-electron chi connectivity index (χ3n) is 3.45. The highest BCUT2D eigenvalue weighted by Crippen LogP contribution is 2.16. The number of carbonyl (C=O) groups is 2. The highest BCUT2D eigenvalue weighted by molar-refractivity contribution is 6.01.